The van der Waals surface area contributed by atoms with E-state index in [-0.39, 0.29) is 23.7 Å². The summed E-state index contributed by atoms with van der Waals surface area (Å²) in [5, 5.41) is 25.3. The number of carbonyl (C=O) groups is 2. The van der Waals surface area contributed by atoms with Crippen LogP contribution in [0.5, 0.6) is 0 Å². The first-order valence-electron chi connectivity index (χ1n) is 5.63. The van der Waals surface area contributed by atoms with E-state index in [1.54, 1.807) is 0 Å². The molecule has 0 unspecified atom stereocenters. The highest BCUT2D eigenvalue weighted by atomic mass is 16.6. The summed E-state index contributed by atoms with van der Waals surface area (Å²) < 4.78 is 1.10. The second kappa shape index (κ2) is 5.77. The average molecular weight is 291 g/mol. The molecule has 0 aliphatic heterocycles. The first kappa shape index (κ1) is 14.1. The zero-order chi connectivity index (χ0) is 15.4. The Morgan fingerprint density at radius 2 is 2.19 bits per heavy atom. The predicted octanol–water partition coefficient (Wildman–Crippen LogP) is 0.523. The molecule has 2 aromatic rings. The zero-order valence-electron chi connectivity index (χ0n) is 10.5. The maximum atomic E-state index is 11.7. The number of carboxylic acids is 1. The monoisotopic (exact) mass is 291 g/mol. The van der Waals surface area contributed by atoms with Gasteiger partial charge in [-0.2, -0.15) is 4.68 Å². The predicted molar refractivity (Wildman–Crippen MR) is 68.7 cm³/mol. The van der Waals surface area contributed by atoms with Crippen LogP contribution < -0.4 is 5.32 Å². The van der Waals surface area contributed by atoms with Crippen LogP contribution in [0.25, 0.3) is 0 Å². The molecule has 0 radical (unpaired) electrons. The number of aromatic nitrogens is 3. The van der Waals surface area contributed by atoms with Gasteiger partial charge in [-0.15, -0.1) is 0 Å². The molecular weight excluding hydrogens is 282 g/mol. The van der Waals surface area contributed by atoms with Crippen molar-refractivity contribution in [2.45, 2.75) is 6.54 Å². The minimum atomic E-state index is -1.21. The number of anilines is 1. The van der Waals surface area contributed by atoms with E-state index in [4.69, 9.17) is 5.11 Å². The summed E-state index contributed by atoms with van der Waals surface area (Å²) in [6.45, 7) is -0.238. The van der Waals surface area contributed by atoms with Crippen LogP contribution in [0, 0.1) is 10.1 Å². The summed E-state index contributed by atoms with van der Waals surface area (Å²) in [6, 6.07) is 3.80. The molecule has 2 rings (SSSR count). The number of nitrogens with zero attached hydrogens (tertiary/aromatic N) is 4. The Morgan fingerprint density at radius 1 is 1.43 bits per heavy atom. The first-order valence-corrected chi connectivity index (χ1v) is 5.63. The van der Waals surface area contributed by atoms with Crippen molar-refractivity contribution in [1.82, 2.24) is 14.8 Å². The van der Waals surface area contributed by atoms with Crippen molar-refractivity contribution in [1.29, 1.82) is 0 Å². The fourth-order valence-electron chi connectivity index (χ4n) is 1.51. The zero-order valence-corrected chi connectivity index (χ0v) is 10.5. The van der Waals surface area contributed by atoms with Crippen LogP contribution in [-0.2, 0) is 11.3 Å². The number of nitro groups is 1. The van der Waals surface area contributed by atoms with Crippen LogP contribution in [-0.4, -0.2) is 36.7 Å². The Balaban J connectivity index is 2.02. The van der Waals surface area contributed by atoms with Gasteiger partial charge >= 0.3 is 11.8 Å². The van der Waals surface area contributed by atoms with Gasteiger partial charge in [0.2, 0.25) is 5.91 Å². The van der Waals surface area contributed by atoms with E-state index in [1.165, 1.54) is 30.6 Å². The number of carboxylic acid groups (broad SMARTS) is 1. The molecule has 0 spiro atoms. The van der Waals surface area contributed by atoms with Crippen LogP contribution >= 0.6 is 0 Å². The SMILES string of the molecule is O=C(Cn1ccc([N+](=O)[O-])n1)Nc1ccnc(C(=O)O)c1. The van der Waals surface area contributed by atoms with Crippen LogP contribution in [0.3, 0.4) is 0 Å². The third kappa shape index (κ3) is 3.59. The molecule has 0 atom stereocenters. The molecule has 0 saturated carbocycles. The van der Waals surface area contributed by atoms with Crippen molar-refractivity contribution in [2.24, 2.45) is 0 Å². The number of carbonyl (C=O) groups excluding carboxylic acids is 1. The third-order valence-electron chi connectivity index (χ3n) is 2.38. The van der Waals surface area contributed by atoms with Gasteiger partial charge in [0.05, 0.1) is 17.4 Å². The molecule has 0 aliphatic carbocycles. The molecule has 0 fully saturated rings. The third-order valence-corrected chi connectivity index (χ3v) is 2.38. The van der Waals surface area contributed by atoms with Gasteiger partial charge in [0.1, 0.15) is 12.2 Å². The highest BCUT2D eigenvalue weighted by molar-refractivity contribution is 5.92. The quantitative estimate of drug-likeness (QED) is 0.604. The van der Waals surface area contributed by atoms with Crippen LogP contribution in [0.1, 0.15) is 10.5 Å². The van der Waals surface area contributed by atoms with Crippen LogP contribution in [0.4, 0.5) is 11.5 Å². The summed E-state index contributed by atoms with van der Waals surface area (Å²) in [5.74, 6) is -2.08. The molecule has 2 aromatic heterocycles. The number of amides is 1. The first-order chi connectivity index (χ1) is 9.95. The van der Waals surface area contributed by atoms with E-state index in [0.717, 1.165) is 4.68 Å². The van der Waals surface area contributed by atoms with E-state index in [2.05, 4.69) is 15.4 Å². The number of hydrogen-bond donors (Lipinski definition) is 2. The molecular formula is C11H9N5O5. The smallest absolute Gasteiger partial charge is 0.389 e. The Hall–Kier alpha value is -3.30. The van der Waals surface area contributed by atoms with E-state index in [9.17, 15) is 19.7 Å². The number of aromatic carboxylic acids is 1. The van der Waals surface area contributed by atoms with Gasteiger partial charge in [-0.3, -0.25) is 4.79 Å². The maximum absolute atomic E-state index is 11.7. The van der Waals surface area contributed by atoms with Crippen molar-refractivity contribution < 1.29 is 19.6 Å². The summed E-state index contributed by atoms with van der Waals surface area (Å²) in [5.41, 5.74) is 0.0524. The maximum Gasteiger partial charge on any atom is 0.389 e. The summed E-state index contributed by atoms with van der Waals surface area (Å²) in [4.78, 5) is 35.9. The van der Waals surface area contributed by atoms with E-state index >= 15 is 0 Å². The van der Waals surface area contributed by atoms with Gasteiger partial charge in [0.15, 0.2) is 0 Å². The molecule has 10 nitrogen and oxygen atoms in total. The molecule has 1 amide bonds. The van der Waals surface area contributed by atoms with Gasteiger partial charge < -0.3 is 20.5 Å². The van der Waals surface area contributed by atoms with Gasteiger partial charge in [0, 0.05) is 11.9 Å². The lowest BCUT2D eigenvalue weighted by molar-refractivity contribution is -0.389. The van der Waals surface area contributed by atoms with Crippen molar-refractivity contribution >= 4 is 23.4 Å². The molecule has 21 heavy (non-hydrogen) atoms. The molecule has 0 saturated heterocycles. The molecule has 0 bridgehead atoms. The highest BCUT2D eigenvalue weighted by Gasteiger charge is 2.14. The van der Waals surface area contributed by atoms with Gasteiger partial charge in [0.25, 0.3) is 0 Å². The van der Waals surface area contributed by atoms with Gasteiger partial charge in [-0.25, -0.2) is 9.78 Å². The summed E-state index contributed by atoms with van der Waals surface area (Å²) >= 11 is 0. The topological polar surface area (TPSA) is 140 Å². The Bertz CT molecular complexity index is 711. The second-order valence-corrected chi connectivity index (χ2v) is 3.91. The van der Waals surface area contributed by atoms with Gasteiger partial charge in [-0.1, -0.05) is 0 Å². The van der Waals surface area contributed by atoms with Crippen molar-refractivity contribution in [3.05, 3.63) is 46.4 Å². The molecule has 2 N–H and O–H groups in total. The van der Waals surface area contributed by atoms with Crippen LogP contribution in [0.2, 0.25) is 0 Å². The minimum absolute atomic E-state index is 0.206. The van der Waals surface area contributed by atoms with Crippen LogP contribution in [0.15, 0.2) is 30.6 Å². The lowest BCUT2D eigenvalue weighted by atomic mass is 10.3. The Labute approximate surface area is 117 Å². The summed E-state index contributed by atoms with van der Waals surface area (Å²) in [6.07, 6.45) is 2.55. The number of hydrogen-bond acceptors (Lipinski definition) is 6. The summed E-state index contributed by atoms with van der Waals surface area (Å²) in [7, 11) is 0. The normalized spacial score (nSPS) is 10.1. The number of rotatable bonds is 5. The van der Waals surface area contributed by atoms with E-state index < -0.39 is 16.8 Å². The van der Waals surface area contributed by atoms with Gasteiger partial charge in [-0.05, 0) is 17.1 Å². The van der Waals surface area contributed by atoms with E-state index in [0.29, 0.717) is 0 Å². The van der Waals surface area contributed by atoms with E-state index in [1.807, 2.05) is 0 Å². The molecule has 10 heteroatoms. The molecule has 108 valence electrons. The molecule has 0 aliphatic rings. The lowest BCUT2D eigenvalue weighted by Crippen LogP contribution is -2.19. The molecule has 2 heterocycles. The standard InChI is InChI=1S/C11H9N5O5/c17-10(6-15-4-2-9(14-15)16(20)21)13-7-1-3-12-8(5-7)11(18)19/h1-5H,6H2,(H,18,19)(H,12,13,17). The fraction of sp³-hybridized carbons (Fsp3) is 0.0909. The lowest BCUT2D eigenvalue weighted by Gasteiger charge is -2.04. The second-order valence-electron chi connectivity index (χ2n) is 3.91. The highest BCUT2D eigenvalue weighted by Crippen LogP contribution is 2.09. The fourth-order valence-corrected chi connectivity index (χ4v) is 1.51. The minimum Gasteiger partial charge on any atom is -0.477 e. The molecule has 0 aromatic carbocycles. The Kier molecular flexibility index (Phi) is 3.88. The number of nitrogens with one attached hydrogen (secondary N) is 1. The number of pyridine rings is 1. The largest absolute Gasteiger partial charge is 0.477 e. The van der Waals surface area contributed by atoms with Crippen molar-refractivity contribution in [3.63, 3.8) is 0 Å². The Morgan fingerprint density at radius 3 is 2.81 bits per heavy atom. The van der Waals surface area contributed by atoms with Crippen molar-refractivity contribution in [3.8, 4) is 0 Å². The van der Waals surface area contributed by atoms with Crippen molar-refractivity contribution in [2.75, 3.05) is 5.32 Å². The average Bonchev–Trinajstić information content (AvgIpc) is 2.87.